The fourth-order valence-corrected chi connectivity index (χ4v) is 5.78. The topological polar surface area (TPSA) is 96.0 Å². The summed E-state index contributed by atoms with van der Waals surface area (Å²) in [7, 11) is -1.15. The lowest BCUT2D eigenvalue weighted by atomic mass is 10.1. The Balaban J connectivity index is 2.07. The van der Waals surface area contributed by atoms with Gasteiger partial charge < -0.3 is 15.0 Å². The minimum absolute atomic E-state index is 0.0218. The predicted molar refractivity (Wildman–Crippen MR) is 149 cm³/mol. The maximum atomic E-state index is 13.9. The first-order valence-electron chi connectivity index (χ1n) is 12.1. The van der Waals surface area contributed by atoms with Gasteiger partial charge in [-0.2, -0.15) is 0 Å². The molecule has 8 nitrogen and oxygen atoms in total. The van der Waals surface area contributed by atoms with E-state index in [-0.39, 0.29) is 28.1 Å². The van der Waals surface area contributed by atoms with Gasteiger partial charge in [0.15, 0.2) is 0 Å². The van der Waals surface area contributed by atoms with E-state index >= 15 is 0 Å². The Kier molecular flexibility index (Phi) is 9.77. The highest BCUT2D eigenvalue weighted by Gasteiger charge is 2.34. The van der Waals surface area contributed by atoms with Crippen molar-refractivity contribution in [2.24, 2.45) is 0 Å². The van der Waals surface area contributed by atoms with Crippen molar-refractivity contribution < 1.29 is 22.7 Å². The number of aryl methyl sites for hydroxylation is 1. The molecule has 0 saturated carbocycles. The molecular formula is C28H32ClN3O5S. The minimum atomic E-state index is -4.18. The molecule has 3 rings (SSSR count). The summed E-state index contributed by atoms with van der Waals surface area (Å²) in [5.41, 5.74) is 1.79. The highest BCUT2D eigenvalue weighted by molar-refractivity contribution is 7.92. The average Bonchev–Trinajstić information content (AvgIpc) is 2.92. The van der Waals surface area contributed by atoms with Gasteiger partial charge in [0.05, 0.1) is 22.7 Å². The first kappa shape index (κ1) is 29.0. The van der Waals surface area contributed by atoms with Gasteiger partial charge in [0, 0.05) is 13.6 Å². The van der Waals surface area contributed by atoms with E-state index in [9.17, 15) is 18.0 Å². The second kappa shape index (κ2) is 12.8. The molecule has 202 valence electrons. The van der Waals surface area contributed by atoms with Gasteiger partial charge in [0.1, 0.15) is 18.3 Å². The lowest BCUT2D eigenvalue weighted by Crippen LogP contribution is -2.51. The molecule has 0 aliphatic rings. The van der Waals surface area contributed by atoms with E-state index in [2.05, 4.69) is 5.32 Å². The molecule has 3 aromatic rings. The lowest BCUT2D eigenvalue weighted by molar-refractivity contribution is -0.140. The highest BCUT2D eigenvalue weighted by Crippen LogP contribution is 2.31. The third-order valence-electron chi connectivity index (χ3n) is 6.13. The lowest BCUT2D eigenvalue weighted by Gasteiger charge is -2.33. The van der Waals surface area contributed by atoms with Crippen molar-refractivity contribution in [2.75, 3.05) is 25.0 Å². The van der Waals surface area contributed by atoms with Crippen LogP contribution in [0.4, 0.5) is 5.69 Å². The highest BCUT2D eigenvalue weighted by atomic mass is 35.5. The number of carbonyl (C=O) groups excluding carboxylic acids is 2. The van der Waals surface area contributed by atoms with E-state index in [1.807, 2.05) is 13.0 Å². The van der Waals surface area contributed by atoms with Crippen molar-refractivity contribution in [1.29, 1.82) is 0 Å². The zero-order valence-corrected chi connectivity index (χ0v) is 23.4. The van der Waals surface area contributed by atoms with Crippen LogP contribution < -0.4 is 14.4 Å². The monoisotopic (exact) mass is 557 g/mol. The molecule has 0 saturated heterocycles. The van der Waals surface area contributed by atoms with Crippen LogP contribution in [0.2, 0.25) is 5.02 Å². The van der Waals surface area contributed by atoms with E-state index in [0.717, 1.165) is 15.4 Å². The number of hydrogen-bond acceptors (Lipinski definition) is 5. The van der Waals surface area contributed by atoms with Crippen LogP contribution in [0.15, 0.2) is 77.7 Å². The summed E-state index contributed by atoms with van der Waals surface area (Å²) in [4.78, 5) is 28.1. The van der Waals surface area contributed by atoms with Crippen molar-refractivity contribution in [3.8, 4) is 5.75 Å². The number of amides is 2. The van der Waals surface area contributed by atoms with Crippen LogP contribution in [-0.4, -0.2) is 51.9 Å². The van der Waals surface area contributed by atoms with E-state index in [1.165, 1.54) is 24.1 Å². The number of carbonyl (C=O) groups is 2. The summed E-state index contributed by atoms with van der Waals surface area (Å²) in [6, 6.07) is 19.1. The molecule has 0 unspecified atom stereocenters. The van der Waals surface area contributed by atoms with Crippen molar-refractivity contribution in [3.05, 3.63) is 88.9 Å². The van der Waals surface area contributed by atoms with Crippen LogP contribution in [0.1, 0.15) is 24.5 Å². The van der Waals surface area contributed by atoms with E-state index < -0.39 is 28.5 Å². The maximum absolute atomic E-state index is 13.9. The number of para-hydroxylation sites is 1. The number of rotatable bonds is 11. The maximum Gasteiger partial charge on any atom is 0.264 e. The van der Waals surface area contributed by atoms with Crippen molar-refractivity contribution in [3.63, 3.8) is 0 Å². The van der Waals surface area contributed by atoms with E-state index in [4.69, 9.17) is 16.3 Å². The van der Waals surface area contributed by atoms with Crippen LogP contribution >= 0.6 is 11.6 Å². The van der Waals surface area contributed by atoms with Gasteiger partial charge in [-0.15, -0.1) is 0 Å². The molecule has 2 amide bonds. The third kappa shape index (κ3) is 6.65. The van der Waals surface area contributed by atoms with Gasteiger partial charge in [-0.1, -0.05) is 60.5 Å². The van der Waals surface area contributed by atoms with Gasteiger partial charge in [-0.3, -0.25) is 13.9 Å². The second-order valence-electron chi connectivity index (χ2n) is 8.69. The van der Waals surface area contributed by atoms with Crippen LogP contribution in [0.5, 0.6) is 5.75 Å². The summed E-state index contributed by atoms with van der Waals surface area (Å²) in [6.45, 7) is 3.16. The Bertz CT molecular complexity index is 1380. The quantitative estimate of drug-likeness (QED) is 0.377. The van der Waals surface area contributed by atoms with Gasteiger partial charge in [-0.05, 0) is 55.3 Å². The molecule has 0 aliphatic carbocycles. The van der Waals surface area contributed by atoms with E-state index in [1.54, 1.807) is 68.6 Å². The number of hydrogen-bond donors (Lipinski definition) is 1. The number of nitrogens with zero attached hydrogens (tertiary/aromatic N) is 2. The van der Waals surface area contributed by atoms with E-state index in [0.29, 0.717) is 12.2 Å². The number of halogens is 1. The number of benzene rings is 3. The average molecular weight is 558 g/mol. The molecule has 0 fully saturated rings. The van der Waals surface area contributed by atoms with Crippen LogP contribution in [-0.2, 0) is 26.2 Å². The number of likely N-dealkylation sites (N-methyl/N-ethyl adjacent to an activating group) is 1. The fourth-order valence-electron chi connectivity index (χ4n) is 4.06. The summed E-state index contributed by atoms with van der Waals surface area (Å²) in [6.07, 6.45) is 0.326. The zero-order chi connectivity index (χ0) is 27.9. The number of ether oxygens (including phenoxy) is 1. The smallest absolute Gasteiger partial charge is 0.264 e. The molecule has 3 aromatic carbocycles. The Labute approximate surface area is 229 Å². The predicted octanol–water partition coefficient (Wildman–Crippen LogP) is 4.41. The van der Waals surface area contributed by atoms with Crippen molar-refractivity contribution >= 4 is 39.1 Å². The number of sulfonamides is 1. The first-order valence-corrected chi connectivity index (χ1v) is 13.9. The van der Waals surface area contributed by atoms with Crippen LogP contribution in [0, 0.1) is 6.92 Å². The Hall–Kier alpha value is -3.56. The normalized spacial score (nSPS) is 11.9. The van der Waals surface area contributed by atoms with Gasteiger partial charge in [-0.25, -0.2) is 8.42 Å². The summed E-state index contributed by atoms with van der Waals surface area (Å²) >= 11 is 6.42. The molecule has 10 heteroatoms. The van der Waals surface area contributed by atoms with Gasteiger partial charge >= 0.3 is 0 Å². The first-order chi connectivity index (χ1) is 18.1. The Morgan fingerprint density at radius 2 is 1.71 bits per heavy atom. The number of anilines is 1. The molecular weight excluding hydrogens is 526 g/mol. The van der Waals surface area contributed by atoms with Crippen LogP contribution in [0.3, 0.4) is 0 Å². The molecule has 0 aliphatic heterocycles. The second-order valence-corrected chi connectivity index (χ2v) is 11.0. The molecule has 38 heavy (non-hydrogen) atoms. The summed E-state index contributed by atoms with van der Waals surface area (Å²) in [5.74, 6) is -0.309. The van der Waals surface area contributed by atoms with Crippen LogP contribution in [0.25, 0.3) is 0 Å². The minimum Gasteiger partial charge on any atom is -0.497 e. The Morgan fingerprint density at radius 1 is 1.03 bits per heavy atom. The van der Waals surface area contributed by atoms with Crippen molar-refractivity contribution in [2.45, 2.75) is 37.8 Å². The number of methoxy groups -OCH3 is 1. The number of nitrogens with one attached hydrogen (secondary N) is 1. The molecule has 1 atom stereocenters. The zero-order valence-electron chi connectivity index (χ0n) is 21.8. The molecule has 0 radical (unpaired) electrons. The molecule has 0 spiro atoms. The van der Waals surface area contributed by atoms with Crippen molar-refractivity contribution in [1.82, 2.24) is 10.2 Å². The fraction of sp³-hybridized carbons (Fsp3) is 0.286. The Morgan fingerprint density at radius 3 is 2.32 bits per heavy atom. The SMILES string of the molecule is CC[C@@H](C(=O)NC)N(Cc1cccc(OC)c1)C(=O)CN(c1ccccc1Cl)S(=O)(=O)c1ccc(C)cc1. The van der Waals surface area contributed by atoms with Gasteiger partial charge in [0.25, 0.3) is 10.0 Å². The standard InChI is InChI=1S/C28H32ClN3O5S/c1-5-25(28(34)30-3)31(18-21-9-8-10-22(17-21)37-4)27(33)19-32(26-12-7-6-11-24(26)29)38(35,36)23-15-13-20(2)14-16-23/h6-17,25H,5,18-19H2,1-4H3,(H,30,34)/t25-/m0/s1. The summed E-state index contributed by atoms with van der Waals surface area (Å²) < 4.78 is 34.0. The molecule has 0 heterocycles. The molecule has 0 bridgehead atoms. The third-order valence-corrected chi connectivity index (χ3v) is 8.22. The largest absolute Gasteiger partial charge is 0.497 e. The summed E-state index contributed by atoms with van der Waals surface area (Å²) in [5, 5.41) is 2.78. The van der Waals surface area contributed by atoms with Gasteiger partial charge in [0.2, 0.25) is 11.8 Å². The molecule has 0 aromatic heterocycles. The molecule has 1 N–H and O–H groups in total.